The van der Waals surface area contributed by atoms with Crippen molar-refractivity contribution in [3.8, 4) is 0 Å². The van der Waals surface area contributed by atoms with Gasteiger partial charge in [-0.25, -0.2) is 9.78 Å². The number of fused-ring (bicyclic) bond motifs is 1. The zero-order valence-electron chi connectivity index (χ0n) is 9.56. The average Bonchev–Trinajstić information content (AvgIpc) is 2.62. The number of aliphatic imine (C=N–C) groups is 1. The molecule has 0 bridgehead atoms. The van der Waals surface area contributed by atoms with E-state index in [-0.39, 0.29) is 5.54 Å². The van der Waals surface area contributed by atoms with Gasteiger partial charge in [0, 0.05) is 6.92 Å². The number of aryl methyl sites for hydroxylation is 1. The molecular weight excluding hydrogens is 216 g/mol. The van der Waals surface area contributed by atoms with Gasteiger partial charge in [0.25, 0.3) is 0 Å². The second-order valence-electron chi connectivity index (χ2n) is 4.50. The lowest BCUT2D eigenvalue weighted by molar-refractivity contribution is 0.256. The lowest BCUT2D eigenvalue weighted by Gasteiger charge is -2.36. The number of hydrogen-bond acceptors (Lipinski definition) is 4. The van der Waals surface area contributed by atoms with Crippen LogP contribution in [0.3, 0.4) is 0 Å². The summed E-state index contributed by atoms with van der Waals surface area (Å²) < 4.78 is 5.43. The first-order chi connectivity index (χ1) is 8.23. The minimum Gasteiger partial charge on any atom is -0.441 e. The fourth-order valence-electron chi connectivity index (χ4n) is 2.40. The van der Waals surface area contributed by atoms with E-state index < -0.39 is 0 Å². The van der Waals surface area contributed by atoms with Gasteiger partial charge in [0.05, 0.1) is 5.54 Å². The second kappa shape index (κ2) is 3.54. The highest BCUT2D eigenvalue weighted by molar-refractivity contribution is 5.74. The molecule has 1 saturated carbocycles. The van der Waals surface area contributed by atoms with Crippen LogP contribution in [0.5, 0.6) is 0 Å². The van der Waals surface area contributed by atoms with E-state index >= 15 is 0 Å². The summed E-state index contributed by atoms with van der Waals surface area (Å²) in [4.78, 5) is 18.8. The molecule has 4 heteroatoms. The van der Waals surface area contributed by atoms with Crippen molar-refractivity contribution < 1.29 is 9.21 Å². The van der Waals surface area contributed by atoms with E-state index in [1.807, 2.05) is 25.1 Å². The Morgan fingerprint density at radius 3 is 2.94 bits per heavy atom. The van der Waals surface area contributed by atoms with Crippen molar-refractivity contribution in [2.45, 2.75) is 31.7 Å². The molecule has 0 unspecified atom stereocenters. The molecule has 86 valence electrons. The van der Waals surface area contributed by atoms with E-state index in [0.29, 0.717) is 5.89 Å². The summed E-state index contributed by atoms with van der Waals surface area (Å²) >= 11 is 0. The standard InChI is InChI=1S/C13H12N2O2/c1-9-15-11-7-10(3-4-12(11)17-9)13(14-8-16)5-2-6-13/h3-4,7H,2,5-6H2,1H3. The summed E-state index contributed by atoms with van der Waals surface area (Å²) in [6.07, 6.45) is 4.61. The van der Waals surface area contributed by atoms with Crippen LogP contribution in [-0.2, 0) is 10.3 Å². The molecular formula is C13H12N2O2. The van der Waals surface area contributed by atoms with Gasteiger partial charge in [-0.15, -0.1) is 0 Å². The fourth-order valence-corrected chi connectivity index (χ4v) is 2.40. The molecule has 1 heterocycles. The minimum atomic E-state index is -0.358. The number of rotatable bonds is 2. The van der Waals surface area contributed by atoms with E-state index in [2.05, 4.69) is 9.98 Å². The maximum Gasteiger partial charge on any atom is 0.235 e. The minimum absolute atomic E-state index is 0.358. The number of nitrogens with zero attached hydrogens (tertiary/aromatic N) is 2. The first kappa shape index (κ1) is 10.2. The van der Waals surface area contributed by atoms with Crippen molar-refractivity contribution in [2.24, 2.45) is 4.99 Å². The van der Waals surface area contributed by atoms with E-state index in [9.17, 15) is 4.79 Å². The summed E-state index contributed by atoms with van der Waals surface area (Å²) in [5.41, 5.74) is 2.28. The van der Waals surface area contributed by atoms with Crippen molar-refractivity contribution in [1.29, 1.82) is 0 Å². The molecule has 1 aliphatic rings. The van der Waals surface area contributed by atoms with Gasteiger partial charge in [-0.05, 0) is 37.0 Å². The summed E-state index contributed by atoms with van der Waals surface area (Å²) in [6, 6.07) is 5.82. The fraction of sp³-hybridized carbons (Fsp3) is 0.385. The quantitative estimate of drug-likeness (QED) is 0.586. The van der Waals surface area contributed by atoms with Crippen LogP contribution in [-0.4, -0.2) is 11.1 Å². The molecule has 2 aromatic rings. The largest absolute Gasteiger partial charge is 0.441 e. The third kappa shape index (κ3) is 1.49. The molecule has 17 heavy (non-hydrogen) atoms. The first-order valence-corrected chi connectivity index (χ1v) is 5.70. The van der Waals surface area contributed by atoms with E-state index in [1.54, 1.807) is 6.08 Å². The van der Waals surface area contributed by atoms with E-state index in [4.69, 9.17) is 4.42 Å². The molecule has 1 aliphatic carbocycles. The number of aromatic nitrogens is 1. The monoisotopic (exact) mass is 228 g/mol. The Morgan fingerprint density at radius 1 is 1.47 bits per heavy atom. The Balaban J connectivity index is 2.13. The Bertz CT molecular complexity index is 619. The Labute approximate surface area is 98.4 Å². The van der Waals surface area contributed by atoms with Crippen LogP contribution in [0.1, 0.15) is 30.7 Å². The Morgan fingerprint density at radius 2 is 2.29 bits per heavy atom. The predicted octanol–water partition coefficient (Wildman–Crippen LogP) is 2.85. The van der Waals surface area contributed by atoms with Crippen molar-refractivity contribution in [2.75, 3.05) is 0 Å². The highest BCUT2D eigenvalue weighted by Crippen LogP contribution is 2.45. The number of isocyanates is 1. The van der Waals surface area contributed by atoms with Crippen LogP contribution in [0.15, 0.2) is 27.6 Å². The molecule has 0 atom stereocenters. The van der Waals surface area contributed by atoms with Gasteiger partial charge in [-0.2, -0.15) is 4.99 Å². The molecule has 1 aromatic carbocycles. The van der Waals surface area contributed by atoms with Gasteiger partial charge >= 0.3 is 0 Å². The second-order valence-corrected chi connectivity index (χ2v) is 4.50. The van der Waals surface area contributed by atoms with Crippen LogP contribution >= 0.6 is 0 Å². The average molecular weight is 228 g/mol. The van der Waals surface area contributed by atoms with Crippen LogP contribution in [0.2, 0.25) is 0 Å². The van der Waals surface area contributed by atoms with E-state index in [0.717, 1.165) is 35.9 Å². The molecule has 1 fully saturated rings. The van der Waals surface area contributed by atoms with E-state index in [1.165, 1.54) is 0 Å². The van der Waals surface area contributed by atoms with Gasteiger partial charge in [-0.3, -0.25) is 0 Å². The third-order valence-electron chi connectivity index (χ3n) is 3.47. The molecule has 0 spiro atoms. The Kier molecular flexibility index (Phi) is 2.13. The maximum atomic E-state index is 10.5. The van der Waals surface area contributed by atoms with Crippen LogP contribution in [0.25, 0.3) is 11.1 Å². The highest BCUT2D eigenvalue weighted by atomic mass is 16.3. The molecule has 0 amide bonds. The lowest BCUT2D eigenvalue weighted by Crippen LogP contribution is -2.31. The highest BCUT2D eigenvalue weighted by Gasteiger charge is 2.39. The van der Waals surface area contributed by atoms with Crippen LogP contribution < -0.4 is 0 Å². The summed E-state index contributed by atoms with van der Waals surface area (Å²) in [5.74, 6) is 0.652. The Hall–Kier alpha value is -1.93. The third-order valence-corrected chi connectivity index (χ3v) is 3.47. The van der Waals surface area contributed by atoms with Gasteiger partial charge < -0.3 is 4.42 Å². The van der Waals surface area contributed by atoms with Crippen LogP contribution in [0, 0.1) is 6.92 Å². The first-order valence-electron chi connectivity index (χ1n) is 5.70. The molecule has 3 rings (SSSR count). The van der Waals surface area contributed by atoms with Crippen molar-refractivity contribution in [3.05, 3.63) is 29.7 Å². The molecule has 1 aromatic heterocycles. The predicted molar refractivity (Wildman–Crippen MR) is 62.4 cm³/mol. The van der Waals surface area contributed by atoms with Gasteiger partial charge in [-0.1, -0.05) is 6.07 Å². The molecule has 0 N–H and O–H groups in total. The van der Waals surface area contributed by atoms with Crippen molar-refractivity contribution in [3.63, 3.8) is 0 Å². The normalized spacial score (nSPS) is 17.5. The van der Waals surface area contributed by atoms with Crippen molar-refractivity contribution in [1.82, 2.24) is 4.98 Å². The summed E-state index contributed by atoms with van der Waals surface area (Å²) in [5, 5.41) is 0. The number of carbonyl (C=O) groups excluding carboxylic acids is 1. The molecule has 0 radical (unpaired) electrons. The molecule has 0 aliphatic heterocycles. The smallest absolute Gasteiger partial charge is 0.235 e. The van der Waals surface area contributed by atoms with Crippen LogP contribution in [0.4, 0.5) is 0 Å². The summed E-state index contributed by atoms with van der Waals surface area (Å²) in [6.45, 7) is 1.82. The number of benzene rings is 1. The number of oxazole rings is 1. The lowest BCUT2D eigenvalue weighted by atomic mass is 9.72. The zero-order valence-corrected chi connectivity index (χ0v) is 9.56. The van der Waals surface area contributed by atoms with Gasteiger partial charge in [0.1, 0.15) is 5.52 Å². The zero-order chi connectivity index (χ0) is 11.9. The van der Waals surface area contributed by atoms with Gasteiger partial charge in [0.2, 0.25) is 6.08 Å². The molecule has 4 nitrogen and oxygen atoms in total. The topological polar surface area (TPSA) is 55.5 Å². The summed E-state index contributed by atoms with van der Waals surface area (Å²) in [7, 11) is 0. The molecule has 0 saturated heterocycles. The van der Waals surface area contributed by atoms with Crippen molar-refractivity contribution >= 4 is 17.2 Å². The SMILES string of the molecule is Cc1nc2cc(C3(N=C=O)CCC3)ccc2o1. The number of hydrogen-bond donors (Lipinski definition) is 0. The van der Waals surface area contributed by atoms with Gasteiger partial charge in [0.15, 0.2) is 11.5 Å². The maximum absolute atomic E-state index is 10.5.